The number of carbonyl (C=O) groups excluding carboxylic acids is 2. The maximum atomic E-state index is 12.2. The van der Waals surface area contributed by atoms with Crippen molar-refractivity contribution in [2.24, 2.45) is 0 Å². The van der Waals surface area contributed by atoms with E-state index in [1.165, 1.54) is 0 Å². The minimum Gasteiger partial charge on any atom is -0.497 e. The Hall–Kier alpha value is -3.88. The number of amides is 2. The molecule has 164 valence electrons. The number of aromatic nitrogens is 3. The number of benzene rings is 2. The molecule has 0 unspecified atom stereocenters. The molecule has 0 radical (unpaired) electrons. The molecule has 32 heavy (non-hydrogen) atoms. The Labute approximate surface area is 185 Å². The highest BCUT2D eigenvalue weighted by atomic mass is 16.5. The van der Waals surface area contributed by atoms with E-state index < -0.39 is 0 Å². The van der Waals surface area contributed by atoms with Crippen molar-refractivity contribution < 1.29 is 19.1 Å². The summed E-state index contributed by atoms with van der Waals surface area (Å²) in [5, 5.41) is 7.99. The third-order valence-corrected chi connectivity index (χ3v) is 5.95. The number of methoxy groups -OCH3 is 2. The van der Waals surface area contributed by atoms with Gasteiger partial charge in [-0.25, -0.2) is 9.58 Å². The molecule has 1 saturated heterocycles. The Morgan fingerprint density at radius 3 is 2.00 bits per heavy atom. The van der Waals surface area contributed by atoms with Gasteiger partial charge >= 0.3 is 0 Å². The van der Waals surface area contributed by atoms with E-state index in [4.69, 9.17) is 9.47 Å². The standard InChI is InChI=1S/C23H23N5O4/c1-31-16-7-3-14(4-8-16)18-13-19(15-5-9-17(32-2)10-6-15)28-22(24-18)25-23(26-28)27-20(29)11-12-21(27)30/h3-10,18-19H,11-13H2,1-2H3,(H,24,25,26)/t18-,19-/m0/s1. The van der Waals surface area contributed by atoms with Crippen LogP contribution in [0, 0.1) is 0 Å². The van der Waals surface area contributed by atoms with Gasteiger partial charge in [-0.2, -0.15) is 4.98 Å². The van der Waals surface area contributed by atoms with E-state index >= 15 is 0 Å². The summed E-state index contributed by atoms with van der Waals surface area (Å²) < 4.78 is 12.3. The molecule has 0 spiro atoms. The number of hydrogen-bond acceptors (Lipinski definition) is 7. The minimum atomic E-state index is -0.273. The van der Waals surface area contributed by atoms with E-state index in [2.05, 4.69) is 15.4 Å². The second-order valence-electron chi connectivity index (χ2n) is 7.80. The van der Waals surface area contributed by atoms with Crippen molar-refractivity contribution in [3.63, 3.8) is 0 Å². The summed E-state index contributed by atoms with van der Waals surface area (Å²) in [4.78, 5) is 30.1. The first-order valence-corrected chi connectivity index (χ1v) is 10.4. The van der Waals surface area contributed by atoms with Crippen molar-refractivity contribution in [1.29, 1.82) is 0 Å². The van der Waals surface area contributed by atoms with Crippen LogP contribution in [0.3, 0.4) is 0 Å². The van der Waals surface area contributed by atoms with Gasteiger partial charge in [-0.15, -0.1) is 5.10 Å². The molecule has 0 bridgehead atoms. The molecule has 2 atom stereocenters. The zero-order chi connectivity index (χ0) is 22.2. The maximum Gasteiger partial charge on any atom is 0.260 e. The summed E-state index contributed by atoms with van der Waals surface area (Å²) >= 11 is 0. The number of hydrogen-bond donors (Lipinski definition) is 1. The highest BCUT2D eigenvalue weighted by molar-refractivity contribution is 6.18. The summed E-state index contributed by atoms with van der Waals surface area (Å²) in [6.07, 6.45) is 1.08. The van der Waals surface area contributed by atoms with Gasteiger partial charge in [0.1, 0.15) is 11.5 Å². The Morgan fingerprint density at radius 1 is 0.875 bits per heavy atom. The van der Waals surface area contributed by atoms with E-state index in [-0.39, 0.29) is 42.7 Å². The summed E-state index contributed by atoms with van der Waals surface area (Å²) in [7, 11) is 3.27. The van der Waals surface area contributed by atoms with Crippen LogP contribution in [-0.2, 0) is 9.59 Å². The number of fused-ring (bicyclic) bond motifs is 1. The predicted octanol–water partition coefficient (Wildman–Crippen LogP) is 3.10. The monoisotopic (exact) mass is 433 g/mol. The number of ether oxygens (including phenoxy) is 2. The van der Waals surface area contributed by atoms with Gasteiger partial charge in [0.25, 0.3) is 5.95 Å². The molecule has 0 saturated carbocycles. The van der Waals surface area contributed by atoms with E-state index in [9.17, 15) is 9.59 Å². The second-order valence-corrected chi connectivity index (χ2v) is 7.80. The molecule has 2 aromatic carbocycles. The normalized spacial score (nSPS) is 20.1. The van der Waals surface area contributed by atoms with Gasteiger partial charge in [0.05, 0.1) is 26.3 Å². The van der Waals surface area contributed by atoms with Crippen LogP contribution in [-0.4, -0.2) is 40.8 Å². The molecule has 3 heterocycles. The van der Waals surface area contributed by atoms with Crippen molar-refractivity contribution in [2.45, 2.75) is 31.3 Å². The average Bonchev–Trinajstić information content (AvgIpc) is 3.40. The number of rotatable bonds is 5. The third kappa shape index (κ3) is 3.45. The Bertz CT molecular complexity index is 1140. The Kier molecular flexibility index (Phi) is 5.01. The second kappa shape index (κ2) is 7.99. The van der Waals surface area contributed by atoms with Gasteiger partial charge < -0.3 is 14.8 Å². The fraction of sp³-hybridized carbons (Fsp3) is 0.304. The number of carbonyl (C=O) groups is 2. The SMILES string of the molecule is COc1ccc([C@@H]2C[C@@H](c3ccc(OC)cc3)n3nc(N4C(=O)CCC4=O)nc3N2)cc1. The lowest BCUT2D eigenvalue weighted by molar-refractivity contribution is -0.121. The largest absolute Gasteiger partial charge is 0.497 e. The predicted molar refractivity (Wildman–Crippen MR) is 117 cm³/mol. The molecule has 0 aliphatic carbocycles. The van der Waals surface area contributed by atoms with Crippen molar-refractivity contribution in [3.05, 3.63) is 59.7 Å². The van der Waals surface area contributed by atoms with Gasteiger partial charge in [-0.05, 0) is 41.8 Å². The Balaban J connectivity index is 1.55. The van der Waals surface area contributed by atoms with E-state index in [1.807, 2.05) is 48.5 Å². The van der Waals surface area contributed by atoms with Crippen LogP contribution < -0.4 is 19.7 Å². The summed E-state index contributed by atoms with van der Waals surface area (Å²) in [5.41, 5.74) is 2.11. The molecule has 1 fully saturated rings. The molecular weight excluding hydrogens is 410 g/mol. The van der Waals surface area contributed by atoms with Crippen LogP contribution in [0.5, 0.6) is 11.5 Å². The number of imide groups is 1. The minimum absolute atomic E-state index is 0.0393. The van der Waals surface area contributed by atoms with E-state index in [1.54, 1.807) is 18.9 Å². The van der Waals surface area contributed by atoms with Crippen LogP contribution in [0.1, 0.15) is 42.5 Å². The molecule has 1 aromatic heterocycles. The smallest absolute Gasteiger partial charge is 0.260 e. The highest BCUT2D eigenvalue weighted by Gasteiger charge is 2.37. The topological polar surface area (TPSA) is 98.6 Å². The van der Waals surface area contributed by atoms with E-state index in [0.717, 1.165) is 27.5 Å². The molecule has 2 amide bonds. The van der Waals surface area contributed by atoms with Crippen molar-refractivity contribution in [1.82, 2.24) is 14.8 Å². The zero-order valence-corrected chi connectivity index (χ0v) is 17.8. The van der Waals surface area contributed by atoms with Gasteiger partial charge in [-0.1, -0.05) is 24.3 Å². The first kappa shape index (κ1) is 20.0. The summed E-state index contributed by atoms with van der Waals surface area (Å²) in [6.45, 7) is 0. The molecule has 5 rings (SSSR count). The molecule has 1 N–H and O–H groups in total. The zero-order valence-electron chi connectivity index (χ0n) is 17.8. The number of anilines is 2. The molecule has 9 nitrogen and oxygen atoms in total. The lowest BCUT2D eigenvalue weighted by Gasteiger charge is -2.31. The third-order valence-electron chi connectivity index (χ3n) is 5.95. The van der Waals surface area contributed by atoms with Crippen molar-refractivity contribution >= 4 is 23.7 Å². The van der Waals surface area contributed by atoms with Crippen LogP contribution in [0.15, 0.2) is 48.5 Å². The molecule has 3 aromatic rings. The lowest BCUT2D eigenvalue weighted by Crippen LogP contribution is -2.30. The highest BCUT2D eigenvalue weighted by Crippen LogP contribution is 2.39. The summed E-state index contributed by atoms with van der Waals surface area (Å²) in [5.74, 6) is 1.64. The first-order valence-electron chi connectivity index (χ1n) is 10.4. The average molecular weight is 433 g/mol. The van der Waals surface area contributed by atoms with Gasteiger partial charge in [0.2, 0.25) is 17.8 Å². The van der Waals surface area contributed by atoms with Gasteiger partial charge in [0.15, 0.2) is 0 Å². The van der Waals surface area contributed by atoms with Crippen LogP contribution in [0.2, 0.25) is 0 Å². The molecule has 9 heteroatoms. The Morgan fingerprint density at radius 2 is 1.44 bits per heavy atom. The number of nitrogens with zero attached hydrogens (tertiary/aromatic N) is 4. The molecule has 2 aliphatic heterocycles. The van der Waals surface area contributed by atoms with Crippen molar-refractivity contribution in [3.8, 4) is 11.5 Å². The van der Waals surface area contributed by atoms with Crippen LogP contribution in [0.25, 0.3) is 0 Å². The number of nitrogens with one attached hydrogen (secondary N) is 1. The first-order chi connectivity index (χ1) is 15.6. The maximum absolute atomic E-state index is 12.2. The lowest BCUT2D eigenvalue weighted by atomic mass is 9.93. The molecule has 2 aliphatic rings. The van der Waals surface area contributed by atoms with Crippen molar-refractivity contribution in [2.75, 3.05) is 24.4 Å². The molecular formula is C23H23N5O4. The van der Waals surface area contributed by atoms with Gasteiger partial charge in [-0.3, -0.25) is 9.59 Å². The van der Waals surface area contributed by atoms with E-state index in [0.29, 0.717) is 12.4 Å². The van der Waals surface area contributed by atoms with Crippen LogP contribution in [0.4, 0.5) is 11.9 Å². The fourth-order valence-electron chi connectivity index (χ4n) is 4.22. The fourth-order valence-corrected chi connectivity index (χ4v) is 4.22. The van der Waals surface area contributed by atoms with Crippen LogP contribution >= 0.6 is 0 Å². The quantitative estimate of drug-likeness (QED) is 0.618. The summed E-state index contributed by atoms with van der Waals surface area (Å²) in [6, 6.07) is 15.5. The van der Waals surface area contributed by atoms with Gasteiger partial charge in [0, 0.05) is 12.8 Å².